The molecule has 1 unspecified atom stereocenters. The lowest BCUT2D eigenvalue weighted by atomic mass is 9.62. The Hall–Kier alpha value is -1.24. The molecule has 2 aromatic carbocycles. The summed E-state index contributed by atoms with van der Waals surface area (Å²) >= 11 is 0. The van der Waals surface area contributed by atoms with Gasteiger partial charge in [-0.15, -0.1) is 0 Å². The van der Waals surface area contributed by atoms with Crippen molar-refractivity contribution in [3.05, 3.63) is 48.0 Å². The Balaban J connectivity index is 2.60. The van der Waals surface area contributed by atoms with Crippen LogP contribution in [0.5, 0.6) is 0 Å². The fourth-order valence-electron chi connectivity index (χ4n) is 2.38. The van der Waals surface area contributed by atoms with Gasteiger partial charge < -0.3 is 0 Å². The van der Waals surface area contributed by atoms with E-state index >= 15 is 0 Å². The Kier molecular flexibility index (Phi) is 3.04. The van der Waals surface area contributed by atoms with Gasteiger partial charge in [-0.1, -0.05) is 69.2 Å². The molecule has 0 saturated heterocycles. The molecular weight excluding hydrogens is 191 g/mol. The number of hydrogen-bond acceptors (Lipinski definition) is 0. The highest BCUT2D eigenvalue weighted by molar-refractivity contribution is 6.17. The first-order valence-corrected chi connectivity index (χ1v) is 5.92. The Bertz CT molecular complexity index is 480. The minimum absolute atomic E-state index is 0.227. The summed E-state index contributed by atoms with van der Waals surface area (Å²) in [7, 11) is 6.41. The summed E-state index contributed by atoms with van der Waals surface area (Å²) in [6, 6.07) is 14.8. The summed E-state index contributed by atoms with van der Waals surface area (Å²) in [5.41, 5.74) is 1.26. The van der Waals surface area contributed by atoms with Crippen LogP contribution in [0, 0.1) is 0 Å². The highest BCUT2D eigenvalue weighted by Crippen LogP contribution is 2.31. The van der Waals surface area contributed by atoms with Gasteiger partial charge in [-0.2, -0.15) is 0 Å². The van der Waals surface area contributed by atoms with Crippen molar-refractivity contribution >= 4 is 18.6 Å². The van der Waals surface area contributed by atoms with Gasteiger partial charge in [-0.3, -0.25) is 0 Å². The zero-order chi connectivity index (χ0) is 11.6. The van der Waals surface area contributed by atoms with E-state index in [-0.39, 0.29) is 5.31 Å². The van der Waals surface area contributed by atoms with E-state index in [1.54, 1.807) is 0 Å². The van der Waals surface area contributed by atoms with E-state index in [1.165, 1.54) is 16.3 Å². The molecule has 16 heavy (non-hydrogen) atoms. The Morgan fingerprint density at radius 3 is 2.50 bits per heavy atom. The average Bonchev–Trinajstić information content (AvgIpc) is 2.28. The van der Waals surface area contributed by atoms with Crippen LogP contribution in [-0.2, 0) is 5.31 Å². The molecule has 2 radical (unpaired) electrons. The first-order valence-electron chi connectivity index (χ1n) is 5.92. The van der Waals surface area contributed by atoms with Gasteiger partial charge in [0.1, 0.15) is 0 Å². The van der Waals surface area contributed by atoms with Gasteiger partial charge in [-0.05, 0) is 21.7 Å². The van der Waals surface area contributed by atoms with Crippen LogP contribution in [0.15, 0.2) is 42.5 Å². The molecule has 0 amide bonds. The molecule has 2 rings (SSSR count). The van der Waals surface area contributed by atoms with Crippen LogP contribution in [0.3, 0.4) is 0 Å². The monoisotopic (exact) mass is 208 g/mol. The maximum Gasteiger partial charge on any atom is 0.0807 e. The lowest BCUT2D eigenvalue weighted by molar-refractivity contribution is 0.600. The third kappa shape index (κ3) is 1.99. The van der Waals surface area contributed by atoms with Crippen LogP contribution in [0.1, 0.15) is 32.3 Å². The van der Waals surface area contributed by atoms with E-state index in [9.17, 15) is 0 Å². The molecular formula is C15H17B. The van der Waals surface area contributed by atoms with Crippen LogP contribution in [0.25, 0.3) is 10.8 Å². The van der Waals surface area contributed by atoms with E-state index in [0.717, 1.165) is 12.8 Å². The molecule has 0 heterocycles. The van der Waals surface area contributed by atoms with E-state index < -0.39 is 0 Å². The van der Waals surface area contributed by atoms with Gasteiger partial charge in [0.15, 0.2) is 0 Å². The number of fused-ring (bicyclic) bond motifs is 1. The van der Waals surface area contributed by atoms with Gasteiger partial charge in [0, 0.05) is 0 Å². The third-order valence-corrected chi connectivity index (χ3v) is 3.17. The molecule has 0 saturated carbocycles. The van der Waals surface area contributed by atoms with Crippen molar-refractivity contribution in [2.45, 2.75) is 32.0 Å². The Morgan fingerprint density at radius 1 is 1.06 bits per heavy atom. The molecule has 0 aromatic heterocycles. The molecule has 0 aliphatic carbocycles. The van der Waals surface area contributed by atoms with Crippen LogP contribution >= 0.6 is 0 Å². The molecule has 0 aliphatic heterocycles. The van der Waals surface area contributed by atoms with Gasteiger partial charge >= 0.3 is 0 Å². The number of hydrogen-bond donors (Lipinski definition) is 0. The van der Waals surface area contributed by atoms with Crippen LogP contribution in [0.2, 0.25) is 0 Å². The van der Waals surface area contributed by atoms with Gasteiger partial charge in [0.25, 0.3) is 0 Å². The first-order chi connectivity index (χ1) is 7.65. The molecule has 1 heteroatoms. The van der Waals surface area contributed by atoms with Gasteiger partial charge in [-0.25, -0.2) is 0 Å². The molecule has 0 spiro atoms. The molecule has 0 aliphatic rings. The summed E-state index contributed by atoms with van der Waals surface area (Å²) in [6.07, 6.45) is 2.12. The quantitative estimate of drug-likeness (QED) is 0.668. The number of rotatable bonds is 3. The van der Waals surface area contributed by atoms with Crippen molar-refractivity contribution in [3.63, 3.8) is 0 Å². The molecule has 0 fully saturated rings. The highest BCUT2D eigenvalue weighted by atomic mass is 14.2. The molecule has 0 nitrogen and oxygen atoms in total. The van der Waals surface area contributed by atoms with Crippen LogP contribution in [-0.4, -0.2) is 7.85 Å². The largest absolute Gasteiger partial charge is 0.0807 e. The average molecular weight is 208 g/mol. The van der Waals surface area contributed by atoms with Gasteiger partial charge in [0.2, 0.25) is 0 Å². The SMILES string of the molecule is [B]C(C)(CCC)c1cccc2ccccc12. The third-order valence-electron chi connectivity index (χ3n) is 3.17. The predicted octanol–water partition coefficient (Wildman–Crippen LogP) is 4.02. The first kappa shape index (κ1) is 11.3. The lowest BCUT2D eigenvalue weighted by Crippen LogP contribution is -2.21. The van der Waals surface area contributed by atoms with Crippen molar-refractivity contribution in [3.8, 4) is 0 Å². The standard InChI is InChI=1S/C15H17B/c1-3-11-15(2,16)14-10-6-8-12-7-4-5-9-13(12)14/h4-10H,3,11H2,1-2H3. The normalized spacial score (nSPS) is 14.9. The molecule has 0 N–H and O–H groups in total. The maximum absolute atomic E-state index is 6.41. The maximum atomic E-state index is 6.41. The minimum atomic E-state index is -0.227. The molecule has 80 valence electrons. The molecule has 1 atom stereocenters. The van der Waals surface area contributed by atoms with E-state index in [2.05, 4.69) is 56.3 Å². The van der Waals surface area contributed by atoms with E-state index in [1.807, 2.05) is 0 Å². The summed E-state index contributed by atoms with van der Waals surface area (Å²) in [5.74, 6) is 0. The van der Waals surface area contributed by atoms with E-state index in [4.69, 9.17) is 7.85 Å². The zero-order valence-corrected chi connectivity index (χ0v) is 10.0. The summed E-state index contributed by atoms with van der Waals surface area (Å²) < 4.78 is 0. The molecule has 2 aromatic rings. The van der Waals surface area contributed by atoms with E-state index in [0.29, 0.717) is 0 Å². The molecule has 0 bridgehead atoms. The van der Waals surface area contributed by atoms with Crippen molar-refractivity contribution in [1.29, 1.82) is 0 Å². The Morgan fingerprint density at radius 2 is 1.75 bits per heavy atom. The fraction of sp³-hybridized carbons (Fsp3) is 0.333. The number of benzene rings is 2. The van der Waals surface area contributed by atoms with Crippen molar-refractivity contribution < 1.29 is 0 Å². The van der Waals surface area contributed by atoms with Crippen molar-refractivity contribution in [2.24, 2.45) is 0 Å². The lowest BCUT2D eigenvalue weighted by Gasteiger charge is -2.27. The zero-order valence-electron chi connectivity index (χ0n) is 10.0. The van der Waals surface area contributed by atoms with Crippen LogP contribution < -0.4 is 0 Å². The second-order valence-corrected chi connectivity index (χ2v) is 4.69. The van der Waals surface area contributed by atoms with Gasteiger partial charge in [0.05, 0.1) is 7.85 Å². The fourth-order valence-corrected chi connectivity index (χ4v) is 2.38. The van der Waals surface area contributed by atoms with Crippen LogP contribution in [0.4, 0.5) is 0 Å². The van der Waals surface area contributed by atoms with Crippen molar-refractivity contribution in [2.75, 3.05) is 0 Å². The minimum Gasteiger partial charge on any atom is -0.0654 e. The Labute approximate surface area is 99.1 Å². The summed E-state index contributed by atoms with van der Waals surface area (Å²) in [4.78, 5) is 0. The smallest absolute Gasteiger partial charge is 0.0654 e. The highest BCUT2D eigenvalue weighted by Gasteiger charge is 2.20. The second kappa shape index (κ2) is 4.33. The summed E-state index contributed by atoms with van der Waals surface area (Å²) in [6.45, 7) is 4.30. The van der Waals surface area contributed by atoms with Crippen molar-refractivity contribution in [1.82, 2.24) is 0 Å². The predicted molar refractivity (Wildman–Crippen MR) is 72.0 cm³/mol. The second-order valence-electron chi connectivity index (χ2n) is 4.69. The summed E-state index contributed by atoms with van der Waals surface area (Å²) in [5, 5.41) is 2.33. The topological polar surface area (TPSA) is 0 Å².